The van der Waals surface area contributed by atoms with Crippen molar-refractivity contribution in [1.82, 2.24) is 9.62 Å². The maximum absolute atomic E-state index is 12.5. The molecule has 1 heterocycles. The second kappa shape index (κ2) is 9.27. The third-order valence-corrected chi connectivity index (χ3v) is 6.70. The number of carbonyl (C=O) groups excluding carboxylic acids is 1. The summed E-state index contributed by atoms with van der Waals surface area (Å²) in [7, 11) is 1.42. The average Bonchev–Trinajstić information content (AvgIpc) is 2.70. The van der Waals surface area contributed by atoms with Gasteiger partial charge >= 0.3 is 0 Å². The maximum Gasteiger partial charge on any atom is 0.223 e. The number of nitrogens with zero attached hydrogens (tertiary/aromatic N) is 1. The van der Waals surface area contributed by atoms with Crippen LogP contribution in [0.5, 0.6) is 17.2 Å². The normalized spacial score (nSPS) is 16.0. The van der Waals surface area contributed by atoms with Crippen LogP contribution in [-0.2, 0) is 21.4 Å². The van der Waals surface area contributed by atoms with Crippen LogP contribution in [-0.4, -0.2) is 58.8 Å². The molecule has 1 aromatic carbocycles. The van der Waals surface area contributed by atoms with Gasteiger partial charge in [-0.05, 0) is 31.9 Å². The summed E-state index contributed by atoms with van der Waals surface area (Å²) in [5, 5.41) is 2.92. The SMILES string of the molecule is CCS(=O)(=O)N1CCC(C(=O)NCc2ccc(OC)c(OC)c2OC)CC1. The molecule has 0 radical (unpaired) electrons. The molecule has 0 aliphatic carbocycles. The monoisotopic (exact) mass is 400 g/mol. The quantitative estimate of drug-likeness (QED) is 0.709. The highest BCUT2D eigenvalue weighted by atomic mass is 32.2. The van der Waals surface area contributed by atoms with Crippen LogP contribution in [0.4, 0.5) is 0 Å². The predicted octanol–water partition coefficient (Wildman–Crippen LogP) is 1.39. The number of ether oxygens (including phenoxy) is 3. The third-order valence-electron chi connectivity index (χ3n) is 4.82. The van der Waals surface area contributed by atoms with E-state index in [9.17, 15) is 13.2 Å². The Morgan fingerprint density at radius 2 is 1.74 bits per heavy atom. The first kappa shape index (κ1) is 21.3. The summed E-state index contributed by atoms with van der Waals surface area (Å²) >= 11 is 0. The lowest BCUT2D eigenvalue weighted by Gasteiger charge is -2.30. The van der Waals surface area contributed by atoms with Crippen LogP contribution in [0.2, 0.25) is 0 Å². The average molecular weight is 400 g/mol. The van der Waals surface area contributed by atoms with Gasteiger partial charge < -0.3 is 19.5 Å². The van der Waals surface area contributed by atoms with Crippen LogP contribution < -0.4 is 19.5 Å². The minimum atomic E-state index is -3.19. The summed E-state index contributed by atoms with van der Waals surface area (Å²) in [5.74, 6) is 1.35. The van der Waals surface area contributed by atoms with E-state index in [0.717, 1.165) is 5.56 Å². The number of nitrogens with one attached hydrogen (secondary N) is 1. The molecule has 152 valence electrons. The first-order valence-corrected chi connectivity index (χ1v) is 10.5. The summed E-state index contributed by atoms with van der Waals surface area (Å²) in [4.78, 5) is 12.5. The summed E-state index contributed by atoms with van der Waals surface area (Å²) in [5.41, 5.74) is 0.773. The zero-order chi connectivity index (χ0) is 20.0. The Hall–Kier alpha value is -2.00. The third kappa shape index (κ3) is 4.84. The number of hydrogen-bond acceptors (Lipinski definition) is 6. The van der Waals surface area contributed by atoms with Crippen molar-refractivity contribution in [2.45, 2.75) is 26.3 Å². The van der Waals surface area contributed by atoms with E-state index >= 15 is 0 Å². The predicted molar refractivity (Wildman–Crippen MR) is 102 cm³/mol. The molecule has 27 heavy (non-hydrogen) atoms. The molecule has 1 saturated heterocycles. The van der Waals surface area contributed by atoms with Crippen LogP contribution in [0.1, 0.15) is 25.3 Å². The van der Waals surface area contributed by atoms with E-state index in [1.807, 2.05) is 6.07 Å². The molecule has 1 aromatic rings. The van der Waals surface area contributed by atoms with Crippen LogP contribution in [0.15, 0.2) is 12.1 Å². The fourth-order valence-electron chi connectivity index (χ4n) is 3.21. The maximum atomic E-state index is 12.5. The molecule has 2 rings (SSSR count). The van der Waals surface area contributed by atoms with Gasteiger partial charge in [0.05, 0.1) is 27.1 Å². The zero-order valence-corrected chi connectivity index (χ0v) is 17.1. The summed E-state index contributed by atoms with van der Waals surface area (Å²) < 4.78 is 41.3. The largest absolute Gasteiger partial charge is 0.493 e. The van der Waals surface area contributed by atoms with Gasteiger partial charge in [-0.15, -0.1) is 0 Å². The Morgan fingerprint density at radius 1 is 1.11 bits per heavy atom. The van der Waals surface area contributed by atoms with Crippen LogP contribution in [0.25, 0.3) is 0 Å². The van der Waals surface area contributed by atoms with E-state index in [1.165, 1.54) is 18.5 Å². The highest BCUT2D eigenvalue weighted by Gasteiger charge is 2.30. The molecular weight excluding hydrogens is 372 g/mol. The highest BCUT2D eigenvalue weighted by Crippen LogP contribution is 2.39. The Bertz CT molecular complexity index is 757. The number of benzene rings is 1. The van der Waals surface area contributed by atoms with Crippen molar-refractivity contribution in [2.24, 2.45) is 5.92 Å². The first-order valence-electron chi connectivity index (χ1n) is 8.91. The lowest BCUT2D eigenvalue weighted by Crippen LogP contribution is -2.43. The van der Waals surface area contributed by atoms with Gasteiger partial charge in [0, 0.05) is 31.1 Å². The molecular formula is C18H28N2O6S. The van der Waals surface area contributed by atoms with Crippen molar-refractivity contribution in [3.63, 3.8) is 0 Å². The standard InChI is InChI=1S/C18H28N2O6S/c1-5-27(22,23)20-10-8-13(9-11-20)18(21)19-12-14-6-7-15(24-2)17(26-4)16(14)25-3/h6-7,13H,5,8-12H2,1-4H3,(H,19,21). The minimum absolute atomic E-state index is 0.0830. The number of hydrogen-bond donors (Lipinski definition) is 1. The van der Waals surface area contributed by atoms with Gasteiger partial charge in [0.25, 0.3) is 0 Å². The van der Waals surface area contributed by atoms with E-state index in [2.05, 4.69) is 5.32 Å². The van der Waals surface area contributed by atoms with Crippen LogP contribution in [0, 0.1) is 5.92 Å². The zero-order valence-electron chi connectivity index (χ0n) is 16.3. The van der Waals surface area contributed by atoms with Gasteiger partial charge in [0.15, 0.2) is 11.5 Å². The molecule has 0 saturated carbocycles. The van der Waals surface area contributed by atoms with E-state index in [-0.39, 0.29) is 24.1 Å². The van der Waals surface area contributed by atoms with E-state index in [0.29, 0.717) is 43.2 Å². The van der Waals surface area contributed by atoms with Crippen molar-refractivity contribution >= 4 is 15.9 Å². The summed E-state index contributed by atoms with van der Waals surface area (Å²) in [6, 6.07) is 3.58. The Morgan fingerprint density at radius 3 is 2.26 bits per heavy atom. The lowest BCUT2D eigenvalue weighted by atomic mass is 9.97. The van der Waals surface area contributed by atoms with E-state index < -0.39 is 10.0 Å². The number of methoxy groups -OCH3 is 3. The van der Waals surface area contributed by atoms with Crippen molar-refractivity contribution in [3.8, 4) is 17.2 Å². The van der Waals surface area contributed by atoms with E-state index in [1.54, 1.807) is 20.1 Å². The van der Waals surface area contributed by atoms with Crippen molar-refractivity contribution in [3.05, 3.63) is 17.7 Å². The molecule has 1 fully saturated rings. The fourth-order valence-corrected chi connectivity index (χ4v) is 4.34. The molecule has 1 N–H and O–H groups in total. The molecule has 1 aliphatic heterocycles. The second-order valence-electron chi connectivity index (χ2n) is 6.29. The molecule has 0 atom stereocenters. The van der Waals surface area contributed by atoms with Gasteiger partial charge in [-0.25, -0.2) is 12.7 Å². The number of rotatable bonds is 8. The molecule has 1 aliphatic rings. The lowest BCUT2D eigenvalue weighted by molar-refractivity contribution is -0.126. The van der Waals surface area contributed by atoms with Gasteiger partial charge in [-0.1, -0.05) is 0 Å². The van der Waals surface area contributed by atoms with E-state index in [4.69, 9.17) is 14.2 Å². The van der Waals surface area contributed by atoms with Crippen molar-refractivity contribution in [2.75, 3.05) is 40.2 Å². The molecule has 0 unspecified atom stereocenters. The van der Waals surface area contributed by atoms with Gasteiger partial charge in [0.2, 0.25) is 21.7 Å². The summed E-state index contributed by atoms with van der Waals surface area (Å²) in [6.45, 7) is 2.68. The molecule has 0 aromatic heterocycles. The smallest absolute Gasteiger partial charge is 0.223 e. The van der Waals surface area contributed by atoms with Gasteiger partial charge in [-0.3, -0.25) is 4.79 Å². The van der Waals surface area contributed by atoms with Crippen molar-refractivity contribution in [1.29, 1.82) is 0 Å². The van der Waals surface area contributed by atoms with Gasteiger partial charge in [-0.2, -0.15) is 0 Å². The van der Waals surface area contributed by atoms with Crippen molar-refractivity contribution < 1.29 is 27.4 Å². The summed E-state index contributed by atoms with van der Waals surface area (Å²) in [6.07, 6.45) is 1.04. The molecule has 0 bridgehead atoms. The number of piperidine rings is 1. The molecule has 8 nitrogen and oxygen atoms in total. The Kier molecular flexibility index (Phi) is 7.32. The molecule has 9 heteroatoms. The van der Waals surface area contributed by atoms with Crippen LogP contribution in [0.3, 0.4) is 0 Å². The van der Waals surface area contributed by atoms with Crippen LogP contribution >= 0.6 is 0 Å². The topological polar surface area (TPSA) is 94.2 Å². The molecule has 1 amide bonds. The number of sulfonamides is 1. The highest BCUT2D eigenvalue weighted by molar-refractivity contribution is 7.89. The molecule has 0 spiro atoms. The fraction of sp³-hybridized carbons (Fsp3) is 0.611. The Balaban J connectivity index is 1.99. The number of carbonyl (C=O) groups is 1. The van der Waals surface area contributed by atoms with Gasteiger partial charge in [0.1, 0.15) is 0 Å². The Labute approximate surface area is 160 Å². The first-order chi connectivity index (χ1) is 12.9. The minimum Gasteiger partial charge on any atom is -0.493 e. The second-order valence-corrected chi connectivity index (χ2v) is 8.54. The number of amides is 1.